The summed E-state index contributed by atoms with van der Waals surface area (Å²) < 4.78 is 0. The summed E-state index contributed by atoms with van der Waals surface area (Å²) in [5, 5.41) is 0. The van der Waals surface area contributed by atoms with Crippen LogP contribution in [-0.4, -0.2) is 17.4 Å². The van der Waals surface area contributed by atoms with Crippen molar-refractivity contribution in [1.82, 2.24) is 4.98 Å². The molecule has 1 aromatic rings. The number of amides is 1. The maximum atomic E-state index is 10.8. The van der Waals surface area contributed by atoms with Crippen molar-refractivity contribution in [3.63, 3.8) is 0 Å². The van der Waals surface area contributed by atoms with Crippen molar-refractivity contribution in [3.8, 4) is 0 Å². The van der Waals surface area contributed by atoms with Crippen molar-refractivity contribution in [2.75, 3.05) is 6.54 Å². The predicted octanol–water partition coefficient (Wildman–Crippen LogP) is 1.32. The summed E-state index contributed by atoms with van der Waals surface area (Å²) in [5.41, 5.74) is 10.7. The third-order valence-corrected chi connectivity index (χ3v) is 3.08. The summed E-state index contributed by atoms with van der Waals surface area (Å²) in [6, 6.07) is 5.72. The molecule has 1 fully saturated rings. The molecule has 4 heteroatoms. The summed E-state index contributed by atoms with van der Waals surface area (Å²) >= 11 is 0. The molecule has 2 rings (SSSR count). The molecule has 2 atom stereocenters. The number of hydrogen-bond donors (Lipinski definition) is 2. The van der Waals surface area contributed by atoms with Crippen molar-refractivity contribution in [2.24, 2.45) is 23.3 Å². The van der Waals surface area contributed by atoms with Crippen LogP contribution in [0, 0.1) is 11.8 Å². The van der Waals surface area contributed by atoms with Gasteiger partial charge in [0.1, 0.15) is 0 Å². The number of pyridine rings is 1. The number of rotatable bonds is 2. The fourth-order valence-corrected chi connectivity index (χ4v) is 2.08. The lowest BCUT2D eigenvalue weighted by Crippen LogP contribution is -2.31. The number of hydrogen-bond acceptors (Lipinski definition) is 3. The Labute approximate surface area is 102 Å². The summed E-state index contributed by atoms with van der Waals surface area (Å²) in [6.07, 6.45) is 7.65. The summed E-state index contributed by atoms with van der Waals surface area (Å²) in [5.74, 6) is 0.474. The van der Waals surface area contributed by atoms with Crippen LogP contribution >= 0.6 is 0 Å². The Morgan fingerprint density at radius 2 is 1.94 bits per heavy atom. The van der Waals surface area contributed by atoms with Gasteiger partial charge in [-0.05, 0) is 43.9 Å². The molecule has 1 saturated carbocycles. The molecule has 17 heavy (non-hydrogen) atoms. The highest BCUT2D eigenvalue weighted by molar-refractivity contribution is 5.76. The largest absolute Gasteiger partial charge is 0.369 e. The Morgan fingerprint density at radius 1 is 1.24 bits per heavy atom. The maximum absolute atomic E-state index is 10.8. The van der Waals surface area contributed by atoms with Crippen molar-refractivity contribution in [2.45, 2.75) is 25.7 Å². The van der Waals surface area contributed by atoms with Gasteiger partial charge < -0.3 is 11.5 Å². The molecule has 0 aromatic carbocycles. The molecule has 4 N–H and O–H groups in total. The zero-order valence-electron chi connectivity index (χ0n) is 10.1. The highest BCUT2D eigenvalue weighted by Gasteiger charge is 2.24. The van der Waals surface area contributed by atoms with Crippen LogP contribution in [-0.2, 0) is 4.79 Å². The Morgan fingerprint density at radius 3 is 2.35 bits per heavy atom. The van der Waals surface area contributed by atoms with Gasteiger partial charge in [0.25, 0.3) is 0 Å². The van der Waals surface area contributed by atoms with E-state index in [0.717, 1.165) is 19.3 Å². The van der Waals surface area contributed by atoms with Crippen LogP contribution in [0.25, 0.3) is 0 Å². The van der Waals surface area contributed by atoms with E-state index in [1.807, 2.05) is 18.2 Å². The van der Waals surface area contributed by atoms with Crippen LogP contribution in [0.15, 0.2) is 30.6 Å². The van der Waals surface area contributed by atoms with Gasteiger partial charge in [-0.2, -0.15) is 0 Å². The van der Waals surface area contributed by atoms with Crippen LogP contribution in [0.3, 0.4) is 0 Å². The zero-order valence-corrected chi connectivity index (χ0v) is 10.1. The average Bonchev–Trinajstić information content (AvgIpc) is 2.41. The quantitative estimate of drug-likeness (QED) is 0.811. The molecule has 0 saturated heterocycles. The third-order valence-electron chi connectivity index (χ3n) is 3.08. The highest BCUT2D eigenvalue weighted by Crippen LogP contribution is 2.27. The third kappa shape index (κ3) is 5.45. The summed E-state index contributed by atoms with van der Waals surface area (Å²) in [7, 11) is 0. The summed E-state index contributed by atoms with van der Waals surface area (Å²) in [6.45, 7) is 0.698. The second kappa shape index (κ2) is 7.79. The SMILES string of the molecule is NCC1CCCC(C(N)=O)C1.c1ccncc1. The highest BCUT2D eigenvalue weighted by atomic mass is 16.1. The first-order valence-corrected chi connectivity index (χ1v) is 6.08. The first kappa shape index (κ1) is 13.6. The minimum atomic E-state index is -0.150. The van der Waals surface area contributed by atoms with Crippen molar-refractivity contribution >= 4 is 5.91 Å². The topological polar surface area (TPSA) is 82.0 Å². The van der Waals surface area contributed by atoms with E-state index in [1.54, 1.807) is 12.4 Å². The summed E-state index contributed by atoms with van der Waals surface area (Å²) in [4.78, 5) is 14.6. The maximum Gasteiger partial charge on any atom is 0.220 e. The minimum absolute atomic E-state index is 0.0947. The zero-order chi connectivity index (χ0) is 12.5. The van der Waals surface area contributed by atoms with E-state index in [-0.39, 0.29) is 11.8 Å². The molecule has 4 nitrogen and oxygen atoms in total. The number of nitrogens with zero attached hydrogens (tertiary/aromatic N) is 1. The van der Waals surface area contributed by atoms with E-state index in [0.29, 0.717) is 12.5 Å². The molecular weight excluding hydrogens is 214 g/mol. The lowest BCUT2D eigenvalue weighted by molar-refractivity contribution is -0.123. The molecular formula is C13H21N3O. The number of aromatic nitrogens is 1. The fraction of sp³-hybridized carbons (Fsp3) is 0.538. The molecule has 1 aliphatic carbocycles. The molecule has 0 radical (unpaired) electrons. The number of primary amides is 1. The van der Waals surface area contributed by atoms with Crippen LogP contribution in [0.5, 0.6) is 0 Å². The second-order valence-electron chi connectivity index (χ2n) is 4.39. The van der Waals surface area contributed by atoms with Gasteiger partial charge in [-0.15, -0.1) is 0 Å². The van der Waals surface area contributed by atoms with Gasteiger partial charge in [0.15, 0.2) is 0 Å². The number of carbonyl (C=O) groups is 1. The average molecular weight is 235 g/mol. The molecule has 1 heterocycles. The van der Waals surface area contributed by atoms with E-state index >= 15 is 0 Å². The van der Waals surface area contributed by atoms with Gasteiger partial charge in [0.2, 0.25) is 5.91 Å². The van der Waals surface area contributed by atoms with Gasteiger partial charge in [0, 0.05) is 18.3 Å². The van der Waals surface area contributed by atoms with E-state index in [9.17, 15) is 4.79 Å². The molecule has 1 aliphatic rings. The van der Waals surface area contributed by atoms with Crippen LogP contribution in [0.4, 0.5) is 0 Å². The second-order valence-corrected chi connectivity index (χ2v) is 4.39. The van der Waals surface area contributed by atoms with Crippen molar-refractivity contribution < 1.29 is 4.79 Å². The van der Waals surface area contributed by atoms with E-state index < -0.39 is 0 Å². The van der Waals surface area contributed by atoms with Gasteiger partial charge in [-0.25, -0.2) is 0 Å². The Bertz CT molecular complexity index is 289. The lowest BCUT2D eigenvalue weighted by Gasteiger charge is -2.25. The van der Waals surface area contributed by atoms with E-state index in [2.05, 4.69) is 4.98 Å². The van der Waals surface area contributed by atoms with Gasteiger partial charge in [-0.1, -0.05) is 12.5 Å². The Balaban J connectivity index is 0.000000202. The molecule has 1 aromatic heterocycles. The predicted molar refractivity (Wildman–Crippen MR) is 67.9 cm³/mol. The van der Waals surface area contributed by atoms with Crippen molar-refractivity contribution in [3.05, 3.63) is 30.6 Å². The number of nitrogens with two attached hydrogens (primary N) is 2. The van der Waals surface area contributed by atoms with E-state index in [4.69, 9.17) is 11.5 Å². The Kier molecular flexibility index (Phi) is 6.25. The molecule has 2 unspecified atom stereocenters. The lowest BCUT2D eigenvalue weighted by atomic mass is 9.81. The first-order valence-electron chi connectivity index (χ1n) is 6.08. The monoisotopic (exact) mass is 235 g/mol. The number of carbonyl (C=O) groups excluding carboxylic acids is 1. The Hall–Kier alpha value is -1.42. The molecule has 0 bridgehead atoms. The van der Waals surface area contributed by atoms with Gasteiger partial charge in [0.05, 0.1) is 0 Å². The van der Waals surface area contributed by atoms with Crippen LogP contribution in [0.1, 0.15) is 25.7 Å². The standard InChI is InChI=1S/C8H16N2O.C5H5N/c9-5-6-2-1-3-7(4-6)8(10)11;1-2-4-6-5-3-1/h6-7H,1-5,9H2,(H2,10,11);1-5H. The molecule has 0 aliphatic heterocycles. The minimum Gasteiger partial charge on any atom is -0.369 e. The van der Waals surface area contributed by atoms with Gasteiger partial charge >= 0.3 is 0 Å². The van der Waals surface area contributed by atoms with Crippen LogP contribution in [0.2, 0.25) is 0 Å². The fourth-order valence-electron chi connectivity index (χ4n) is 2.08. The van der Waals surface area contributed by atoms with Gasteiger partial charge in [-0.3, -0.25) is 9.78 Å². The molecule has 1 amide bonds. The van der Waals surface area contributed by atoms with Crippen LogP contribution < -0.4 is 11.5 Å². The van der Waals surface area contributed by atoms with Crippen molar-refractivity contribution in [1.29, 1.82) is 0 Å². The first-order chi connectivity index (χ1) is 8.24. The normalized spacial score (nSPS) is 23.4. The molecule has 94 valence electrons. The smallest absolute Gasteiger partial charge is 0.220 e. The van der Waals surface area contributed by atoms with E-state index in [1.165, 1.54) is 6.42 Å². The molecule has 0 spiro atoms.